The van der Waals surface area contributed by atoms with E-state index in [0.717, 1.165) is 18.4 Å². The van der Waals surface area contributed by atoms with Crippen molar-refractivity contribution in [3.05, 3.63) is 40.9 Å². The quantitative estimate of drug-likeness (QED) is 0.744. The average Bonchev–Trinajstić information content (AvgIpc) is 2.37. The molecule has 1 aliphatic rings. The highest BCUT2D eigenvalue weighted by molar-refractivity contribution is 6.32. The first-order valence-corrected chi connectivity index (χ1v) is 7.22. The van der Waals surface area contributed by atoms with E-state index in [-0.39, 0.29) is 5.91 Å². The Labute approximate surface area is 120 Å². The van der Waals surface area contributed by atoms with E-state index in [2.05, 4.69) is 13.8 Å². The van der Waals surface area contributed by atoms with E-state index in [1.165, 1.54) is 6.42 Å². The molecule has 1 aliphatic heterocycles. The van der Waals surface area contributed by atoms with Crippen LogP contribution < -0.4 is 0 Å². The smallest absolute Gasteiger partial charge is 0.247 e. The van der Waals surface area contributed by atoms with Gasteiger partial charge < -0.3 is 4.90 Å². The SMILES string of the molecule is C[C@H]1CCC[C@H](C)N1C(=O)/C=C/c1ccccc1Cl. The van der Waals surface area contributed by atoms with Crippen molar-refractivity contribution in [2.75, 3.05) is 0 Å². The molecular formula is C16H20ClNO. The Kier molecular flexibility index (Phi) is 4.65. The van der Waals surface area contributed by atoms with Gasteiger partial charge in [-0.3, -0.25) is 4.79 Å². The highest BCUT2D eigenvalue weighted by atomic mass is 35.5. The van der Waals surface area contributed by atoms with Gasteiger partial charge in [-0.05, 0) is 50.8 Å². The molecule has 2 atom stereocenters. The minimum atomic E-state index is 0.0830. The minimum absolute atomic E-state index is 0.0830. The Morgan fingerprint density at radius 2 is 1.89 bits per heavy atom. The van der Waals surface area contributed by atoms with E-state index in [9.17, 15) is 4.79 Å². The van der Waals surface area contributed by atoms with Gasteiger partial charge in [0.2, 0.25) is 5.91 Å². The lowest BCUT2D eigenvalue weighted by Gasteiger charge is -2.38. The van der Waals surface area contributed by atoms with Crippen LogP contribution in [0.1, 0.15) is 38.7 Å². The zero-order chi connectivity index (χ0) is 13.8. The van der Waals surface area contributed by atoms with Gasteiger partial charge in [0.25, 0.3) is 0 Å². The number of likely N-dealkylation sites (tertiary alicyclic amines) is 1. The maximum Gasteiger partial charge on any atom is 0.247 e. The maximum absolute atomic E-state index is 12.3. The molecular weight excluding hydrogens is 258 g/mol. The van der Waals surface area contributed by atoms with Crippen LogP contribution in [-0.4, -0.2) is 22.9 Å². The number of amides is 1. The summed E-state index contributed by atoms with van der Waals surface area (Å²) in [5.74, 6) is 0.0830. The van der Waals surface area contributed by atoms with Crippen molar-refractivity contribution in [2.24, 2.45) is 0 Å². The lowest BCUT2D eigenvalue weighted by Crippen LogP contribution is -2.46. The van der Waals surface area contributed by atoms with Gasteiger partial charge in [0.15, 0.2) is 0 Å². The molecule has 0 N–H and O–H groups in total. The number of carbonyl (C=O) groups excluding carboxylic acids is 1. The van der Waals surface area contributed by atoms with Gasteiger partial charge in [0.1, 0.15) is 0 Å². The van der Waals surface area contributed by atoms with Gasteiger partial charge in [0, 0.05) is 23.2 Å². The summed E-state index contributed by atoms with van der Waals surface area (Å²) in [7, 11) is 0. The fourth-order valence-electron chi connectivity index (χ4n) is 2.71. The van der Waals surface area contributed by atoms with Gasteiger partial charge in [-0.25, -0.2) is 0 Å². The van der Waals surface area contributed by atoms with Gasteiger partial charge in [-0.1, -0.05) is 29.8 Å². The van der Waals surface area contributed by atoms with Crippen molar-refractivity contribution in [3.8, 4) is 0 Å². The summed E-state index contributed by atoms with van der Waals surface area (Å²) in [5.41, 5.74) is 0.884. The molecule has 2 rings (SSSR count). The third kappa shape index (κ3) is 3.38. The van der Waals surface area contributed by atoms with E-state index < -0.39 is 0 Å². The Morgan fingerprint density at radius 1 is 1.26 bits per heavy atom. The minimum Gasteiger partial charge on any atom is -0.334 e. The average molecular weight is 278 g/mol. The predicted octanol–water partition coefficient (Wildman–Crippen LogP) is 4.14. The van der Waals surface area contributed by atoms with Gasteiger partial charge >= 0.3 is 0 Å². The summed E-state index contributed by atoms with van der Waals surface area (Å²) >= 11 is 6.07. The van der Waals surface area contributed by atoms with Crippen LogP contribution in [0.4, 0.5) is 0 Å². The lowest BCUT2D eigenvalue weighted by molar-refractivity contribution is -0.131. The summed E-state index contributed by atoms with van der Waals surface area (Å²) in [6.07, 6.45) is 6.84. The van der Waals surface area contributed by atoms with Crippen molar-refractivity contribution >= 4 is 23.6 Å². The molecule has 1 aromatic rings. The fraction of sp³-hybridized carbons (Fsp3) is 0.438. The third-order valence-electron chi connectivity index (χ3n) is 3.76. The van der Waals surface area contributed by atoms with E-state index in [1.54, 1.807) is 12.2 Å². The van der Waals surface area contributed by atoms with Gasteiger partial charge in [0.05, 0.1) is 0 Å². The highest BCUT2D eigenvalue weighted by Crippen LogP contribution is 2.23. The molecule has 0 bridgehead atoms. The van der Waals surface area contributed by atoms with Crippen molar-refractivity contribution in [2.45, 2.75) is 45.2 Å². The van der Waals surface area contributed by atoms with Crippen molar-refractivity contribution in [1.82, 2.24) is 4.90 Å². The van der Waals surface area contributed by atoms with Crippen molar-refractivity contribution < 1.29 is 4.79 Å². The van der Waals surface area contributed by atoms with Crippen LogP contribution in [0.3, 0.4) is 0 Å². The number of halogens is 1. The Morgan fingerprint density at radius 3 is 2.53 bits per heavy atom. The third-order valence-corrected chi connectivity index (χ3v) is 4.10. The highest BCUT2D eigenvalue weighted by Gasteiger charge is 2.27. The molecule has 0 spiro atoms. The Bertz CT molecular complexity index is 473. The van der Waals surface area contributed by atoms with E-state index in [1.807, 2.05) is 29.2 Å². The molecule has 102 valence electrons. The van der Waals surface area contributed by atoms with E-state index in [0.29, 0.717) is 17.1 Å². The molecule has 0 radical (unpaired) electrons. The predicted molar refractivity (Wildman–Crippen MR) is 80.1 cm³/mol. The van der Waals surface area contributed by atoms with Crippen LogP contribution >= 0.6 is 11.6 Å². The van der Waals surface area contributed by atoms with Crippen LogP contribution in [0.15, 0.2) is 30.3 Å². The van der Waals surface area contributed by atoms with Crippen LogP contribution in [0.2, 0.25) is 5.02 Å². The first kappa shape index (κ1) is 14.1. The number of carbonyl (C=O) groups is 1. The Balaban J connectivity index is 2.10. The fourth-order valence-corrected chi connectivity index (χ4v) is 2.91. The topological polar surface area (TPSA) is 20.3 Å². The monoisotopic (exact) mass is 277 g/mol. The summed E-state index contributed by atoms with van der Waals surface area (Å²) in [5, 5.41) is 0.672. The molecule has 2 nitrogen and oxygen atoms in total. The first-order valence-electron chi connectivity index (χ1n) is 6.84. The number of hydrogen-bond donors (Lipinski definition) is 0. The molecule has 1 amide bonds. The molecule has 0 unspecified atom stereocenters. The molecule has 3 heteroatoms. The molecule has 0 aliphatic carbocycles. The molecule has 19 heavy (non-hydrogen) atoms. The number of hydrogen-bond acceptors (Lipinski definition) is 1. The van der Waals surface area contributed by atoms with Crippen LogP contribution in [-0.2, 0) is 4.79 Å². The molecule has 1 saturated heterocycles. The number of piperidine rings is 1. The van der Waals surface area contributed by atoms with Crippen molar-refractivity contribution in [1.29, 1.82) is 0 Å². The van der Waals surface area contributed by atoms with Crippen LogP contribution in [0, 0.1) is 0 Å². The standard InChI is InChI=1S/C16H20ClNO/c1-12-6-5-7-13(2)18(12)16(19)11-10-14-8-3-4-9-15(14)17/h3-4,8-13H,5-7H2,1-2H3/b11-10+/t12-,13-/m0/s1. The first-order chi connectivity index (χ1) is 9.09. The van der Waals surface area contributed by atoms with Gasteiger partial charge in [-0.15, -0.1) is 0 Å². The largest absolute Gasteiger partial charge is 0.334 e. The summed E-state index contributed by atoms with van der Waals surface area (Å²) in [4.78, 5) is 14.3. The van der Waals surface area contributed by atoms with Crippen LogP contribution in [0.5, 0.6) is 0 Å². The van der Waals surface area contributed by atoms with Crippen LogP contribution in [0.25, 0.3) is 6.08 Å². The Hall–Kier alpha value is -1.28. The zero-order valence-electron chi connectivity index (χ0n) is 11.5. The number of benzene rings is 1. The maximum atomic E-state index is 12.3. The normalized spacial score (nSPS) is 23.8. The molecule has 1 fully saturated rings. The number of rotatable bonds is 2. The summed E-state index contributed by atoms with van der Waals surface area (Å²) in [6.45, 7) is 4.24. The summed E-state index contributed by atoms with van der Waals surface area (Å²) in [6, 6.07) is 8.20. The van der Waals surface area contributed by atoms with Crippen molar-refractivity contribution in [3.63, 3.8) is 0 Å². The summed E-state index contributed by atoms with van der Waals surface area (Å²) < 4.78 is 0. The number of nitrogens with zero attached hydrogens (tertiary/aromatic N) is 1. The van der Waals surface area contributed by atoms with Gasteiger partial charge in [-0.2, -0.15) is 0 Å². The van der Waals surface area contributed by atoms with E-state index >= 15 is 0 Å². The second-order valence-electron chi connectivity index (χ2n) is 5.23. The molecule has 1 heterocycles. The molecule has 0 aromatic heterocycles. The molecule has 0 saturated carbocycles. The second kappa shape index (κ2) is 6.25. The van der Waals surface area contributed by atoms with E-state index in [4.69, 9.17) is 11.6 Å². The molecule has 1 aromatic carbocycles. The lowest BCUT2D eigenvalue weighted by atomic mass is 9.97. The second-order valence-corrected chi connectivity index (χ2v) is 5.64. The zero-order valence-corrected chi connectivity index (χ0v) is 12.2.